The minimum absolute atomic E-state index is 0.0963. The molecule has 5 rings (SSSR count). The molecule has 1 aliphatic carbocycles. The summed E-state index contributed by atoms with van der Waals surface area (Å²) < 4.78 is 7.49. The van der Waals surface area contributed by atoms with Crippen LogP contribution in [0.1, 0.15) is 62.5 Å². The lowest BCUT2D eigenvalue weighted by atomic mass is 9.86. The van der Waals surface area contributed by atoms with Crippen LogP contribution in [-0.4, -0.2) is 28.0 Å². The molecule has 2 aliphatic rings. The Kier molecular flexibility index (Phi) is 5.11. The van der Waals surface area contributed by atoms with E-state index in [2.05, 4.69) is 19.2 Å². The van der Waals surface area contributed by atoms with Crippen LogP contribution in [0.2, 0.25) is 0 Å². The molecule has 0 unspecified atom stereocenters. The van der Waals surface area contributed by atoms with Crippen molar-refractivity contribution < 1.29 is 14.0 Å². The number of nitrogens with one attached hydrogen (secondary N) is 1. The Morgan fingerprint density at radius 1 is 1.16 bits per heavy atom. The zero-order valence-electron chi connectivity index (χ0n) is 19.1. The smallest absolute Gasteiger partial charge is 0.276 e. The van der Waals surface area contributed by atoms with Gasteiger partial charge < -0.3 is 14.3 Å². The molecule has 1 N–H and O–H groups in total. The Hall–Kier alpha value is -3.02. The van der Waals surface area contributed by atoms with Gasteiger partial charge in [0.15, 0.2) is 5.58 Å². The summed E-state index contributed by atoms with van der Waals surface area (Å²) in [7, 11) is 0. The molecule has 1 fully saturated rings. The number of aryl methyl sites for hydroxylation is 1. The van der Waals surface area contributed by atoms with Crippen molar-refractivity contribution in [3.63, 3.8) is 0 Å². The van der Waals surface area contributed by atoms with Gasteiger partial charge in [0.25, 0.3) is 5.91 Å². The van der Waals surface area contributed by atoms with Crippen molar-refractivity contribution in [2.24, 2.45) is 5.92 Å². The number of hydrogen-bond donors (Lipinski definition) is 1. The first-order valence-electron chi connectivity index (χ1n) is 11.7. The third kappa shape index (κ3) is 3.33. The summed E-state index contributed by atoms with van der Waals surface area (Å²) in [6.45, 7) is 6.63. The minimum atomic E-state index is -1.05. The van der Waals surface area contributed by atoms with Gasteiger partial charge in [-0.1, -0.05) is 26.0 Å². The molecule has 3 aromatic rings. The molecule has 1 saturated carbocycles. The SMILES string of the molecule is CCc1ccc(N2C(=O)c3cc4occc4n3C[C@@]2(C)C(=O)NC2CCC(C)CC2)cc1. The Morgan fingerprint density at radius 2 is 1.88 bits per heavy atom. The van der Waals surface area contributed by atoms with Crippen LogP contribution in [0.5, 0.6) is 0 Å². The van der Waals surface area contributed by atoms with Crippen LogP contribution in [0.25, 0.3) is 11.1 Å². The van der Waals surface area contributed by atoms with Crippen molar-refractivity contribution in [2.75, 3.05) is 4.90 Å². The van der Waals surface area contributed by atoms with Crippen molar-refractivity contribution in [3.05, 3.63) is 53.9 Å². The second-order valence-corrected chi connectivity index (χ2v) is 9.65. The first-order chi connectivity index (χ1) is 15.4. The highest BCUT2D eigenvalue weighted by molar-refractivity contribution is 6.13. The van der Waals surface area contributed by atoms with E-state index in [1.807, 2.05) is 41.8 Å². The Labute approximate surface area is 188 Å². The van der Waals surface area contributed by atoms with E-state index in [0.717, 1.165) is 43.3 Å². The van der Waals surface area contributed by atoms with E-state index in [4.69, 9.17) is 4.42 Å². The average Bonchev–Trinajstić information content (AvgIpc) is 3.38. The summed E-state index contributed by atoms with van der Waals surface area (Å²) in [6.07, 6.45) is 6.77. The number of aromatic nitrogens is 1. The summed E-state index contributed by atoms with van der Waals surface area (Å²) in [5, 5.41) is 3.29. The molecule has 3 heterocycles. The zero-order valence-corrected chi connectivity index (χ0v) is 19.1. The molecule has 2 aromatic heterocycles. The number of carbonyl (C=O) groups is 2. The van der Waals surface area contributed by atoms with Gasteiger partial charge >= 0.3 is 0 Å². The third-order valence-corrected chi connectivity index (χ3v) is 7.35. The molecule has 0 spiro atoms. The Balaban J connectivity index is 1.55. The molecule has 0 bridgehead atoms. The van der Waals surface area contributed by atoms with Crippen LogP contribution in [0.3, 0.4) is 0 Å². The van der Waals surface area contributed by atoms with Gasteiger partial charge in [-0.05, 0) is 62.6 Å². The Bertz CT molecular complexity index is 1150. The number of hydrogen-bond acceptors (Lipinski definition) is 3. The fourth-order valence-electron chi connectivity index (χ4n) is 5.24. The lowest BCUT2D eigenvalue weighted by molar-refractivity contribution is -0.127. The maximum Gasteiger partial charge on any atom is 0.276 e. The predicted octanol–water partition coefficient (Wildman–Crippen LogP) is 4.91. The topological polar surface area (TPSA) is 67.5 Å². The first kappa shape index (κ1) is 20.9. The first-order valence-corrected chi connectivity index (χ1v) is 11.7. The average molecular weight is 434 g/mol. The number of carbonyl (C=O) groups excluding carboxylic acids is 2. The molecule has 0 saturated heterocycles. The molecule has 6 heteroatoms. The molecule has 2 amide bonds. The summed E-state index contributed by atoms with van der Waals surface area (Å²) >= 11 is 0. The fourth-order valence-corrected chi connectivity index (χ4v) is 5.24. The van der Waals surface area contributed by atoms with Crippen molar-refractivity contribution in [2.45, 2.75) is 71.0 Å². The van der Waals surface area contributed by atoms with Gasteiger partial charge in [-0.15, -0.1) is 0 Å². The van der Waals surface area contributed by atoms with Gasteiger partial charge in [0.05, 0.1) is 18.3 Å². The second-order valence-electron chi connectivity index (χ2n) is 9.65. The van der Waals surface area contributed by atoms with Gasteiger partial charge in [0.1, 0.15) is 11.2 Å². The molecular formula is C26H31N3O3. The van der Waals surface area contributed by atoms with Crippen molar-refractivity contribution in [1.29, 1.82) is 0 Å². The van der Waals surface area contributed by atoms with Gasteiger partial charge in [0.2, 0.25) is 5.91 Å². The number of anilines is 1. The molecule has 1 aliphatic heterocycles. The normalized spacial score (nSPS) is 25.7. The zero-order chi connectivity index (χ0) is 22.5. The highest BCUT2D eigenvalue weighted by atomic mass is 16.3. The van der Waals surface area contributed by atoms with Crippen LogP contribution in [-0.2, 0) is 17.8 Å². The monoisotopic (exact) mass is 433 g/mol. The maximum absolute atomic E-state index is 13.8. The molecule has 168 valence electrons. The maximum atomic E-state index is 13.8. The molecular weight excluding hydrogens is 402 g/mol. The van der Waals surface area contributed by atoms with Gasteiger partial charge in [-0.25, -0.2) is 0 Å². The number of fused-ring (bicyclic) bond motifs is 3. The lowest BCUT2D eigenvalue weighted by Crippen LogP contribution is -2.65. The summed E-state index contributed by atoms with van der Waals surface area (Å²) in [6, 6.07) is 11.8. The van der Waals surface area contributed by atoms with Crippen LogP contribution in [0, 0.1) is 5.92 Å². The molecule has 0 radical (unpaired) electrons. The van der Waals surface area contributed by atoms with E-state index in [9.17, 15) is 9.59 Å². The largest absolute Gasteiger partial charge is 0.463 e. The standard InChI is InChI=1S/C26H31N3O3/c1-4-18-7-11-20(12-8-18)29-24(30)22-15-23-21(13-14-32-23)28(22)16-26(29,3)25(31)27-19-9-5-17(2)6-10-19/h7-8,11-15,17,19H,4-6,9-10,16H2,1-3H3,(H,27,31)/t17?,19?,26-/m0/s1. The van der Waals surface area contributed by atoms with E-state index in [1.54, 1.807) is 17.2 Å². The highest BCUT2D eigenvalue weighted by Crippen LogP contribution is 2.36. The van der Waals surface area contributed by atoms with Gasteiger partial charge in [-0.3, -0.25) is 14.5 Å². The van der Waals surface area contributed by atoms with E-state index in [1.165, 1.54) is 5.56 Å². The lowest BCUT2D eigenvalue weighted by Gasteiger charge is -2.44. The molecule has 1 aromatic carbocycles. The van der Waals surface area contributed by atoms with Crippen LogP contribution < -0.4 is 10.2 Å². The molecule has 6 nitrogen and oxygen atoms in total. The predicted molar refractivity (Wildman–Crippen MR) is 125 cm³/mol. The van der Waals surface area contributed by atoms with E-state index >= 15 is 0 Å². The Morgan fingerprint density at radius 3 is 2.56 bits per heavy atom. The summed E-state index contributed by atoms with van der Waals surface area (Å²) in [5.74, 6) is 0.433. The molecule has 32 heavy (non-hydrogen) atoms. The van der Waals surface area contributed by atoms with Crippen molar-refractivity contribution >= 4 is 28.6 Å². The van der Waals surface area contributed by atoms with E-state index < -0.39 is 5.54 Å². The van der Waals surface area contributed by atoms with Gasteiger partial charge in [0, 0.05) is 23.9 Å². The summed E-state index contributed by atoms with van der Waals surface area (Å²) in [5.41, 5.74) is 2.95. The molecule has 1 atom stereocenters. The van der Waals surface area contributed by atoms with E-state index in [-0.39, 0.29) is 17.9 Å². The van der Waals surface area contributed by atoms with Crippen LogP contribution in [0.4, 0.5) is 5.69 Å². The number of amides is 2. The number of rotatable bonds is 4. The fraction of sp³-hybridized carbons (Fsp3) is 0.462. The quantitative estimate of drug-likeness (QED) is 0.636. The summed E-state index contributed by atoms with van der Waals surface area (Å²) in [4.78, 5) is 29.2. The number of nitrogens with zero attached hydrogens (tertiary/aromatic N) is 2. The minimum Gasteiger partial charge on any atom is -0.463 e. The number of benzene rings is 1. The van der Waals surface area contributed by atoms with Crippen molar-refractivity contribution in [1.82, 2.24) is 9.88 Å². The van der Waals surface area contributed by atoms with Crippen LogP contribution >= 0.6 is 0 Å². The highest BCUT2D eigenvalue weighted by Gasteiger charge is 2.49. The number of furan rings is 1. The van der Waals surface area contributed by atoms with Gasteiger partial charge in [-0.2, -0.15) is 0 Å². The third-order valence-electron chi connectivity index (χ3n) is 7.35. The van der Waals surface area contributed by atoms with Crippen molar-refractivity contribution in [3.8, 4) is 0 Å². The van der Waals surface area contributed by atoms with Crippen LogP contribution in [0.15, 0.2) is 47.1 Å². The van der Waals surface area contributed by atoms with E-state index in [0.29, 0.717) is 23.7 Å². The second kappa shape index (κ2) is 7.84.